The van der Waals surface area contributed by atoms with Crippen LogP contribution in [0.4, 0.5) is 5.69 Å². The molecule has 27 heavy (non-hydrogen) atoms. The number of rotatable bonds is 6. The number of nitro benzene ring substituents is 1. The molecule has 0 saturated carbocycles. The molecule has 0 spiro atoms. The van der Waals surface area contributed by atoms with Gasteiger partial charge >= 0.3 is 6.01 Å². The third-order valence-electron chi connectivity index (χ3n) is 4.16. The highest BCUT2D eigenvalue weighted by Crippen LogP contribution is 2.24. The Morgan fingerprint density at radius 2 is 1.85 bits per heavy atom. The predicted octanol–water partition coefficient (Wildman–Crippen LogP) is 1.63. The molecule has 0 aliphatic carbocycles. The lowest BCUT2D eigenvalue weighted by molar-refractivity contribution is -0.384. The van der Waals surface area contributed by atoms with Gasteiger partial charge in [-0.1, -0.05) is 0 Å². The minimum Gasteiger partial charge on any atom is -0.474 e. The van der Waals surface area contributed by atoms with Crippen LogP contribution in [0.15, 0.2) is 41.4 Å². The van der Waals surface area contributed by atoms with Gasteiger partial charge in [-0.05, 0) is 25.0 Å². The lowest BCUT2D eigenvalue weighted by Gasteiger charge is -2.31. The number of hydrogen-bond donors (Lipinski definition) is 0. The van der Waals surface area contributed by atoms with Gasteiger partial charge in [0.25, 0.3) is 5.69 Å². The van der Waals surface area contributed by atoms with Crippen molar-refractivity contribution in [1.29, 1.82) is 0 Å². The van der Waals surface area contributed by atoms with E-state index in [0.29, 0.717) is 18.7 Å². The summed E-state index contributed by atoms with van der Waals surface area (Å²) in [7, 11) is -2.24. The van der Waals surface area contributed by atoms with Gasteiger partial charge in [-0.3, -0.25) is 10.1 Å². The van der Waals surface area contributed by atoms with Crippen LogP contribution in [0.25, 0.3) is 0 Å². The summed E-state index contributed by atoms with van der Waals surface area (Å²) >= 11 is 0. The first-order chi connectivity index (χ1) is 12.9. The minimum atomic E-state index is -3.70. The zero-order chi connectivity index (χ0) is 19.4. The average molecular weight is 394 g/mol. The molecule has 1 fully saturated rings. The maximum atomic E-state index is 12.7. The second-order valence-electron chi connectivity index (χ2n) is 5.85. The fourth-order valence-electron chi connectivity index (χ4n) is 2.74. The van der Waals surface area contributed by atoms with Crippen molar-refractivity contribution < 1.29 is 22.8 Å². The van der Waals surface area contributed by atoms with Crippen LogP contribution in [-0.2, 0) is 10.0 Å². The molecule has 0 amide bonds. The molecule has 144 valence electrons. The van der Waals surface area contributed by atoms with Gasteiger partial charge in [0.15, 0.2) is 0 Å². The Hall–Kier alpha value is -2.79. The number of sulfonamides is 1. The molecule has 0 unspecified atom stereocenters. The molecule has 1 aromatic carbocycles. The predicted molar refractivity (Wildman–Crippen MR) is 94.1 cm³/mol. The maximum absolute atomic E-state index is 12.7. The Morgan fingerprint density at radius 1 is 1.19 bits per heavy atom. The second-order valence-corrected chi connectivity index (χ2v) is 7.79. The zero-order valence-electron chi connectivity index (χ0n) is 14.5. The minimum absolute atomic E-state index is 0.0352. The fourth-order valence-corrected chi connectivity index (χ4v) is 4.21. The van der Waals surface area contributed by atoms with Crippen molar-refractivity contribution in [2.45, 2.75) is 23.8 Å². The first kappa shape index (κ1) is 19.0. The Labute approximate surface area is 156 Å². The van der Waals surface area contributed by atoms with E-state index in [4.69, 9.17) is 9.47 Å². The van der Waals surface area contributed by atoms with Crippen molar-refractivity contribution in [2.24, 2.45) is 0 Å². The summed E-state index contributed by atoms with van der Waals surface area (Å²) in [5, 5.41) is 10.7. The first-order valence-corrected chi connectivity index (χ1v) is 9.62. The van der Waals surface area contributed by atoms with Gasteiger partial charge in [0, 0.05) is 37.5 Å². The van der Waals surface area contributed by atoms with E-state index in [-0.39, 0.29) is 35.8 Å². The largest absolute Gasteiger partial charge is 0.474 e. The van der Waals surface area contributed by atoms with Crippen molar-refractivity contribution in [3.05, 3.63) is 46.6 Å². The van der Waals surface area contributed by atoms with Crippen LogP contribution in [0.1, 0.15) is 12.8 Å². The summed E-state index contributed by atoms with van der Waals surface area (Å²) in [4.78, 5) is 18.2. The molecular formula is C16H18N4O6S. The first-order valence-electron chi connectivity index (χ1n) is 8.18. The van der Waals surface area contributed by atoms with Crippen LogP contribution in [0, 0.1) is 10.1 Å². The van der Waals surface area contributed by atoms with Gasteiger partial charge in [-0.15, -0.1) is 0 Å². The monoisotopic (exact) mass is 394 g/mol. The Bertz CT molecular complexity index is 911. The van der Waals surface area contributed by atoms with Crippen molar-refractivity contribution >= 4 is 15.7 Å². The number of ether oxygens (including phenoxy) is 2. The normalized spacial score (nSPS) is 16.0. The quantitative estimate of drug-likeness (QED) is 0.535. The molecule has 1 aromatic heterocycles. The molecule has 0 bridgehead atoms. The van der Waals surface area contributed by atoms with Crippen LogP contribution in [0.3, 0.4) is 0 Å². The van der Waals surface area contributed by atoms with Crippen LogP contribution in [0.2, 0.25) is 0 Å². The van der Waals surface area contributed by atoms with E-state index < -0.39 is 14.9 Å². The fraction of sp³-hybridized carbons (Fsp3) is 0.375. The third kappa shape index (κ3) is 4.31. The Kier molecular flexibility index (Phi) is 5.51. The summed E-state index contributed by atoms with van der Waals surface area (Å²) in [5.41, 5.74) is -0.152. The number of nitro groups is 1. The van der Waals surface area contributed by atoms with E-state index in [1.807, 2.05) is 0 Å². The topological polar surface area (TPSA) is 125 Å². The highest BCUT2D eigenvalue weighted by atomic mass is 32.2. The van der Waals surface area contributed by atoms with E-state index in [1.165, 1.54) is 41.9 Å². The lowest BCUT2D eigenvalue weighted by atomic mass is 10.1. The molecule has 1 aliphatic rings. The van der Waals surface area contributed by atoms with Gasteiger partial charge in [-0.2, -0.15) is 9.29 Å². The standard InChI is InChI=1S/C16H18N4O6S/c1-25-16-17-9-6-15(18-16)26-13-7-10-19(11-8-13)27(23,24)14-4-2-12(3-5-14)20(21)22/h2-6,9,13H,7-8,10-11H2,1H3. The van der Waals surface area contributed by atoms with E-state index in [0.717, 1.165) is 0 Å². The summed E-state index contributed by atoms with van der Waals surface area (Å²) < 4.78 is 37.5. The summed E-state index contributed by atoms with van der Waals surface area (Å²) in [6.45, 7) is 0.568. The molecule has 2 aromatic rings. The number of methoxy groups -OCH3 is 1. The van der Waals surface area contributed by atoms with Gasteiger partial charge in [0.2, 0.25) is 15.9 Å². The second kappa shape index (κ2) is 7.84. The third-order valence-corrected chi connectivity index (χ3v) is 6.08. The molecule has 1 aliphatic heterocycles. The van der Waals surface area contributed by atoms with E-state index >= 15 is 0 Å². The zero-order valence-corrected chi connectivity index (χ0v) is 15.3. The van der Waals surface area contributed by atoms with Gasteiger partial charge in [0.05, 0.1) is 16.9 Å². The van der Waals surface area contributed by atoms with E-state index in [1.54, 1.807) is 6.07 Å². The van der Waals surface area contributed by atoms with Gasteiger partial charge in [0.1, 0.15) is 6.10 Å². The molecule has 1 saturated heterocycles. The van der Waals surface area contributed by atoms with Crippen LogP contribution in [-0.4, -0.2) is 53.9 Å². The number of nitrogens with zero attached hydrogens (tertiary/aromatic N) is 4. The summed E-state index contributed by atoms with van der Waals surface area (Å²) in [5.74, 6) is 0.374. The lowest BCUT2D eigenvalue weighted by Crippen LogP contribution is -2.41. The van der Waals surface area contributed by atoms with Gasteiger partial charge < -0.3 is 9.47 Å². The molecular weight excluding hydrogens is 376 g/mol. The van der Waals surface area contributed by atoms with Crippen molar-refractivity contribution in [1.82, 2.24) is 14.3 Å². The molecule has 10 nitrogen and oxygen atoms in total. The molecule has 0 N–H and O–H groups in total. The van der Waals surface area contributed by atoms with Crippen LogP contribution < -0.4 is 9.47 Å². The number of piperidine rings is 1. The van der Waals surface area contributed by atoms with E-state index in [2.05, 4.69) is 9.97 Å². The van der Waals surface area contributed by atoms with Crippen molar-refractivity contribution in [3.8, 4) is 11.9 Å². The number of aromatic nitrogens is 2. The number of hydrogen-bond acceptors (Lipinski definition) is 8. The number of benzene rings is 1. The molecule has 0 radical (unpaired) electrons. The average Bonchev–Trinajstić information content (AvgIpc) is 2.68. The Balaban J connectivity index is 1.63. The molecule has 11 heteroatoms. The summed E-state index contributed by atoms with van der Waals surface area (Å²) in [6, 6.07) is 6.69. The number of non-ortho nitro benzene ring substituents is 1. The summed E-state index contributed by atoms with van der Waals surface area (Å²) in [6.07, 6.45) is 2.35. The highest BCUT2D eigenvalue weighted by molar-refractivity contribution is 7.89. The van der Waals surface area contributed by atoms with E-state index in [9.17, 15) is 18.5 Å². The van der Waals surface area contributed by atoms with Crippen LogP contribution in [0.5, 0.6) is 11.9 Å². The SMILES string of the molecule is COc1nccc(OC2CCN(S(=O)(=O)c3ccc([N+](=O)[O-])cc3)CC2)n1. The Morgan fingerprint density at radius 3 is 2.44 bits per heavy atom. The van der Waals surface area contributed by atoms with Crippen molar-refractivity contribution in [3.63, 3.8) is 0 Å². The molecule has 3 rings (SSSR count). The molecule has 0 atom stereocenters. The van der Waals surface area contributed by atoms with Crippen LogP contribution >= 0.6 is 0 Å². The maximum Gasteiger partial charge on any atom is 0.319 e. The van der Waals surface area contributed by atoms with Crippen molar-refractivity contribution in [2.75, 3.05) is 20.2 Å². The van der Waals surface area contributed by atoms with Gasteiger partial charge in [-0.25, -0.2) is 13.4 Å². The highest BCUT2D eigenvalue weighted by Gasteiger charge is 2.30. The molecule has 2 heterocycles. The smallest absolute Gasteiger partial charge is 0.319 e.